The predicted molar refractivity (Wildman–Crippen MR) is 46.1 cm³/mol. The predicted octanol–water partition coefficient (Wildman–Crippen LogP) is 0.556. The van der Waals surface area contributed by atoms with Gasteiger partial charge in [0.2, 0.25) is 0 Å². The molecule has 1 unspecified atom stereocenters. The normalized spacial score (nSPS) is 12.6. The molecule has 0 radical (unpaired) electrons. The molecule has 0 saturated heterocycles. The van der Waals surface area contributed by atoms with Crippen LogP contribution in [-0.2, 0) is 0 Å². The average molecular weight is 186 g/mol. The summed E-state index contributed by atoms with van der Waals surface area (Å²) in [7, 11) is 1.55. The van der Waals surface area contributed by atoms with Crippen molar-refractivity contribution < 1.29 is 9.90 Å². The van der Waals surface area contributed by atoms with Gasteiger partial charge in [-0.05, 0) is 6.92 Å². The molecule has 5 heteroatoms. The third-order valence-corrected chi connectivity index (χ3v) is 2.35. The van der Waals surface area contributed by atoms with E-state index in [1.807, 2.05) is 0 Å². The Bertz CT molecular complexity index is 283. The third-order valence-electron chi connectivity index (χ3n) is 1.34. The van der Waals surface area contributed by atoms with E-state index in [4.69, 9.17) is 5.11 Å². The first-order chi connectivity index (χ1) is 5.65. The van der Waals surface area contributed by atoms with Gasteiger partial charge in [-0.2, -0.15) is 0 Å². The molecule has 0 aliphatic rings. The van der Waals surface area contributed by atoms with Crippen LogP contribution in [0.25, 0.3) is 0 Å². The van der Waals surface area contributed by atoms with Crippen molar-refractivity contribution in [2.24, 2.45) is 0 Å². The summed E-state index contributed by atoms with van der Waals surface area (Å²) in [5.41, 5.74) is 0.360. The fourth-order valence-electron chi connectivity index (χ4n) is 0.712. The van der Waals surface area contributed by atoms with E-state index < -0.39 is 6.10 Å². The number of aliphatic hydroxyl groups excluding tert-OH is 1. The summed E-state index contributed by atoms with van der Waals surface area (Å²) in [6.45, 7) is 1.62. The lowest BCUT2D eigenvalue weighted by Crippen LogP contribution is -2.18. The zero-order chi connectivity index (χ0) is 9.14. The second-order valence-corrected chi connectivity index (χ2v) is 3.22. The first-order valence-corrected chi connectivity index (χ1v) is 4.38. The maximum atomic E-state index is 11.0. The number of carbonyl (C=O) groups excluding carboxylic acids is 1. The molecule has 1 atom stereocenters. The van der Waals surface area contributed by atoms with Crippen LogP contribution in [0.1, 0.15) is 28.5 Å². The van der Waals surface area contributed by atoms with Gasteiger partial charge in [-0.15, -0.1) is 11.3 Å². The van der Waals surface area contributed by atoms with E-state index in [9.17, 15) is 4.79 Å². The van der Waals surface area contributed by atoms with Gasteiger partial charge in [-0.3, -0.25) is 4.79 Å². The summed E-state index contributed by atoms with van der Waals surface area (Å²) in [5.74, 6) is -0.224. The molecule has 0 aliphatic heterocycles. The van der Waals surface area contributed by atoms with E-state index in [0.717, 1.165) is 0 Å². The number of aromatic nitrogens is 1. The van der Waals surface area contributed by atoms with Crippen LogP contribution in [0, 0.1) is 0 Å². The van der Waals surface area contributed by atoms with E-state index in [-0.39, 0.29) is 5.91 Å². The lowest BCUT2D eigenvalue weighted by atomic mass is 10.4. The van der Waals surface area contributed by atoms with Crippen LogP contribution in [-0.4, -0.2) is 23.0 Å². The molecule has 4 nitrogen and oxygen atoms in total. The molecule has 0 aromatic carbocycles. The Morgan fingerprint density at radius 1 is 1.83 bits per heavy atom. The number of amides is 1. The highest BCUT2D eigenvalue weighted by Gasteiger charge is 2.11. The number of nitrogens with zero attached hydrogens (tertiary/aromatic N) is 1. The maximum absolute atomic E-state index is 11.0. The van der Waals surface area contributed by atoms with E-state index >= 15 is 0 Å². The Hall–Kier alpha value is -0.940. The number of rotatable bonds is 2. The van der Waals surface area contributed by atoms with E-state index in [1.165, 1.54) is 11.3 Å². The minimum absolute atomic E-state index is 0.224. The highest BCUT2D eigenvalue weighted by atomic mass is 32.1. The molecule has 1 aromatic rings. The van der Waals surface area contributed by atoms with Crippen molar-refractivity contribution in [2.75, 3.05) is 7.05 Å². The van der Waals surface area contributed by atoms with Crippen molar-refractivity contribution in [3.8, 4) is 0 Å². The highest BCUT2D eigenvalue weighted by Crippen LogP contribution is 2.16. The molecule has 0 aliphatic carbocycles. The number of hydrogen-bond donors (Lipinski definition) is 2. The lowest BCUT2D eigenvalue weighted by molar-refractivity contribution is 0.0958. The monoisotopic (exact) mass is 186 g/mol. The van der Waals surface area contributed by atoms with Gasteiger partial charge in [0.1, 0.15) is 16.8 Å². The van der Waals surface area contributed by atoms with Gasteiger partial charge in [0.25, 0.3) is 5.91 Å². The van der Waals surface area contributed by atoms with Crippen LogP contribution in [0.15, 0.2) is 5.38 Å². The molecule has 0 bridgehead atoms. The first-order valence-electron chi connectivity index (χ1n) is 3.50. The standard InChI is InChI=1S/C7H10N2O2S/c1-4(10)7-9-5(3-12-7)6(11)8-2/h3-4,10H,1-2H3,(H,8,11). The number of hydrogen-bond acceptors (Lipinski definition) is 4. The molecule has 12 heavy (non-hydrogen) atoms. The summed E-state index contributed by atoms with van der Waals surface area (Å²) in [6.07, 6.45) is -0.603. The zero-order valence-corrected chi connectivity index (χ0v) is 7.68. The first kappa shape index (κ1) is 9.15. The molecular weight excluding hydrogens is 176 g/mol. The minimum atomic E-state index is -0.603. The van der Waals surface area contributed by atoms with Crippen LogP contribution < -0.4 is 5.32 Å². The SMILES string of the molecule is CNC(=O)c1csc(C(C)O)n1. The Morgan fingerprint density at radius 2 is 2.50 bits per heavy atom. The second-order valence-electron chi connectivity index (χ2n) is 2.33. The van der Waals surface area contributed by atoms with Gasteiger partial charge in [-0.1, -0.05) is 0 Å². The van der Waals surface area contributed by atoms with Crippen LogP contribution in [0.2, 0.25) is 0 Å². The molecule has 1 aromatic heterocycles. The molecule has 0 spiro atoms. The fraction of sp³-hybridized carbons (Fsp3) is 0.429. The average Bonchev–Trinajstić information content (AvgIpc) is 2.51. The molecule has 2 N–H and O–H groups in total. The van der Waals surface area contributed by atoms with E-state index in [2.05, 4.69) is 10.3 Å². The summed E-state index contributed by atoms with van der Waals surface area (Å²) in [6, 6.07) is 0. The molecule has 1 amide bonds. The topological polar surface area (TPSA) is 62.2 Å². The van der Waals surface area contributed by atoms with Crippen molar-refractivity contribution in [2.45, 2.75) is 13.0 Å². The quantitative estimate of drug-likeness (QED) is 0.709. The summed E-state index contributed by atoms with van der Waals surface area (Å²) >= 11 is 1.28. The van der Waals surface area contributed by atoms with Crippen molar-refractivity contribution in [1.82, 2.24) is 10.3 Å². The molecule has 0 saturated carbocycles. The highest BCUT2D eigenvalue weighted by molar-refractivity contribution is 7.09. The summed E-state index contributed by atoms with van der Waals surface area (Å²) in [4.78, 5) is 14.9. The van der Waals surface area contributed by atoms with Gasteiger partial charge in [0.15, 0.2) is 0 Å². The van der Waals surface area contributed by atoms with Crippen LogP contribution in [0.5, 0.6) is 0 Å². The van der Waals surface area contributed by atoms with Gasteiger partial charge in [0.05, 0.1) is 0 Å². The minimum Gasteiger partial charge on any atom is -0.386 e. The van der Waals surface area contributed by atoms with Crippen LogP contribution >= 0.6 is 11.3 Å². The molecule has 0 fully saturated rings. The number of nitrogens with one attached hydrogen (secondary N) is 1. The number of carbonyl (C=O) groups is 1. The van der Waals surface area contributed by atoms with Crippen molar-refractivity contribution in [3.05, 3.63) is 16.1 Å². The molecular formula is C7H10N2O2S. The fourth-order valence-corrected chi connectivity index (χ4v) is 1.45. The second kappa shape index (κ2) is 3.64. The Morgan fingerprint density at radius 3 is 2.92 bits per heavy atom. The summed E-state index contributed by atoms with van der Waals surface area (Å²) in [5, 5.41) is 13.8. The van der Waals surface area contributed by atoms with Crippen LogP contribution in [0.3, 0.4) is 0 Å². The van der Waals surface area contributed by atoms with E-state index in [0.29, 0.717) is 10.7 Å². The Kier molecular flexibility index (Phi) is 2.78. The molecule has 66 valence electrons. The smallest absolute Gasteiger partial charge is 0.270 e. The third kappa shape index (κ3) is 1.80. The van der Waals surface area contributed by atoms with Crippen molar-refractivity contribution >= 4 is 17.2 Å². The largest absolute Gasteiger partial charge is 0.386 e. The van der Waals surface area contributed by atoms with Gasteiger partial charge in [0, 0.05) is 12.4 Å². The van der Waals surface area contributed by atoms with Crippen molar-refractivity contribution in [1.29, 1.82) is 0 Å². The number of thiazole rings is 1. The van der Waals surface area contributed by atoms with Crippen LogP contribution in [0.4, 0.5) is 0 Å². The van der Waals surface area contributed by atoms with Gasteiger partial charge >= 0.3 is 0 Å². The zero-order valence-electron chi connectivity index (χ0n) is 6.87. The Labute approximate surface area is 74.3 Å². The van der Waals surface area contributed by atoms with Crippen molar-refractivity contribution in [3.63, 3.8) is 0 Å². The molecule has 1 rings (SSSR count). The molecule has 1 heterocycles. The maximum Gasteiger partial charge on any atom is 0.270 e. The van der Waals surface area contributed by atoms with Gasteiger partial charge < -0.3 is 10.4 Å². The number of aliphatic hydroxyl groups is 1. The summed E-state index contributed by atoms with van der Waals surface area (Å²) < 4.78 is 0. The van der Waals surface area contributed by atoms with Gasteiger partial charge in [-0.25, -0.2) is 4.98 Å². The lowest BCUT2D eigenvalue weighted by Gasteiger charge is -1.95. The van der Waals surface area contributed by atoms with E-state index in [1.54, 1.807) is 19.4 Å². The Balaban J connectivity index is 2.84.